The van der Waals surface area contributed by atoms with Crippen LogP contribution < -0.4 is 10.1 Å². The lowest BCUT2D eigenvalue weighted by Gasteiger charge is -2.18. The average molecular weight is 313 g/mol. The molecule has 1 unspecified atom stereocenters. The zero-order chi connectivity index (χ0) is 16.7. The van der Waals surface area contributed by atoms with Gasteiger partial charge in [0.15, 0.2) is 6.04 Å². The lowest BCUT2D eigenvalue weighted by Crippen LogP contribution is -2.35. The Morgan fingerprint density at radius 1 is 1.04 bits per heavy atom. The van der Waals surface area contributed by atoms with Crippen molar-refractivity contribution in [3.05, 3.63) is 65.7 Å². The summed E-state index contributed by atoms with van der Waals surface area (Å²) in [4.78, 5) is 24.5. The minimum atomic E-state index is -0.867. The van der Waals surface area contributed by atoms with Crippen molar-refractivity contribution in [3.8, 4) is 5.75 Å². The van der Waals surface area contributed by atoms with Gasteiger partial charge in [-0.25, -0.2) is 4.79 Å². The third-order valence-corrected chi connectivity index (χ3v) is 3.28. The fourth-order valence-corrected chi connectivity index (χ4v) is 2.10. The summed E-state index contributed by atoms with van der Waals surface area (Å²) < 4.78 is 10.2. The van der Waals surface area contributed by atoms with Gasteiger partial charge in [0.1, 0.15) is 5.75 Å². The van der Waals surface area contributed by atoms with Gasteiger partial charge < -0.3 is 14.8 Å². The Morgan fingerprint density at radius 2 is 1.70 bits per heavy atom. The summed E-state index contributed by atoms with van der Waals surface area (Å²) in [5, 5.41) is 2.72. The molecule has 0 aliphatic carbocycles. The van der Waals surface area contributed by atoms with Crippen molar-refractivity contribution in [2.45, 2.75) is 13.0 Å². The third-order valence-electron chi connectivity index (χ3n) is 3.28. The molecule has 1 amide bonds. The molecule has 0 radical (unpaired) electrons. The van der Waals surface area contributed by atoms with Crippen LogP contribution in [0.25, 0.3) is 0 Å². The normalized spacial score (nSPS) is 11.4. The first-order valence-electron chi connectivity index (χ1n) is 7.32. The van der Waals surface area contributed by atoms with Crippen LogP contribution in [0.4, 0.5) is 0 Å². The molecular formula is C18H19NO4. The summed E-state index contributed by atoms with van der Waals surface area (Å²) in [6, 6.07) is 14.8. The van der Waals surface area contributed by atoms with Gasteiger partial charge in [-0.2, -0.15) is 0 Å². The molecular weight excluding hydrogens is 294 g/mol. The number of esters is 1. The highest BCUT2D eigenvalue weighted by atomic mass is 16.5. The van der Waals surface area contributed by atoms with E-state index in [1.54, 1.807) is 62.6 Å². The second-order valence-corrected chi connectivity index (χ2v) is 4.80. The fraction of sp³-hybridized carbons (Fsp3) is 0.222. The molecule has 0 heterocycles. The van der Waals surface area contributed by atoms with E-state index in [0.717, 1.165) is 0 Å². The summed E-state index contributed by atoms with van der Waals surface area (Å²) in [5.74, 6) is -0.160. The molecule has 1 atom stereocenters. The minimum absolute atomic E-state index is 0.243. The van der Waals surface area contributed by atoms with Gasteiger partial charge in [0, 0.05) is 5.56 Å². The Balaban J connectivity index is 2.23. The van der Waals surface area contributed by atoms with Gasteiger partial charge in [-0.15, -0.1) is 0 Å². The molecule has 23 heavy (non-hydrogen) atoms. The number of hydrogen-bond acceptors (Lipinski definition) is 4. The third kappa shape index (κ3) is 4.32. The predicted octanol–water partition coefficient (Wildman–Crippen LogP) is 2.73. The van der Waals surface area contributed by atoms with Gasteiger partial charge in [-0.05, 0) is 36.8 Å². The van der Waals surface area contributed by atoms with Crippen LogP contribution in [0.2, 0.25) is 0 Å². The molecule has 0 saturated heterocycles. The summed E-state index contributed by atoms with van der Waals surface area (Å²) in [6.07, 6.45) is 0. The molecule has 1 N–H and O–H groups in total. The van der Waals surface area contributed by atoms with Crippen molar-refractivity contribution in [3.63, 3.8) is 0 Å². The first-order valence-corrected chi connectivity index (χ1v) is 7.32. The van der Waals surface area contributed by atoms with Gasteiger partial charge in [0.25, 0.3) is 5.91 Å². The molecule has 5 heteroatoms. The Hall–Kier alpha value is -2.82. The van der Waals surface area contributed by atoms with Crippen LogP contribution in [0.15, 0.2) is 54.6 Å². The second-order valence-electron chi connectivity index (χ2n) is 4.80. The first kappa shape index (κ1) is 16.5. The molecule has 2 aromatic carbocycles. The van der Waals surface area contributed by atoms with Crippen LogP contribution in [0.1, 0.15) is 28.9 Å². The number of amides is 1. The van der Waals surface area contributed by atoms with Crippen molar-refractivity contribution < 1.29 is 19.1 Å². The molecule has 2 aromatic rings. The highest BCUT2D eigenvalue weighted by Gasteiger charge is 2.24. The quantitative estimate of drug-likeness (QED) is 0.833. The lowest BCUT2D eigenvalue weighted by molar-refractivity contribution is -0.145. The zero-order valence-corrected chi connectivity index (χ0v) is 13.1. The number of carbonyl (C=O) groups is 2. The van der Waals surface area contributed by atoms with Crippen LogP contribution in [0.3, 0.4) is 0 Å². The Kier molecular flexibility index (Phi) is 5.74. The maximum atomic E-state index is 12.3. The largest absolute Gasteiger partial charge is 0.497 e. The molecule has 0 spiro atoms. The van der Waals surface area contributed by atoms with Crippen molar-refractivity contribution in [2.24, 2.45) is 0 Å². The Labute approximate surface area is 135 Å². The van der Waals surface area contributed by atoms with Crippen LogP contribution >= 0.6 is 0 Å². The van der Waals surface area contributed by atoms with E-state index in [4.69, 9.17) is 9.47 Å². The van der Waals surface area contributed by atoms with Gasteiger partial charge in [0.2, 0.25) is 0 Å². The minimum Gasteiger partial charge on any atom is -0.497 e. The van der Waals surface area contributed by atoms with E-state index in [-0.39, 0.29) is 12.5 Å². The molecule has 0 aromatic heterocycles. The monoisotopic (exact) mass is 313 g/mol. The Bertz CT molecular complexity index is 652. The number of rotatable bonds is 6. The van der Waals surface area contributed by atoms with Gasteiger partial charge in [-0.3, -0.25) is 4.79 Å². The molecule has 0 aliphatic heterocycles. The molecule has 0 bridgehead atoms. The topological polar surface area (TPSA) is 64.6 Å². The number of benzene rings is 2. The SMILES string of the molecule is CCOC(=O)C(NC(=O)c1ccccc1)c1ccc(OC)cc1. The smallest absolute Gasteiger partial charge is 0.333 e. The highest BCUT2D eigenvalue weighted by Crippen LogP contribution is 2.19. The number of ether oxygens (including phenoxy) is 2. The van der Waals surface area contributed by atoms with E-state index in [2.05, 4.69) is 5.32 Å². The van der Waals surface area contributed by atoms with Crippen molar-refractivity contribution >= 4 is 11.9 Å². The average Bonchev–Trinajstić information content (AvgIpc) is 2.60. The molecule has 120 valence electrons. The summed E-state index contributed by atoms with van der Waals surface area (Å²) >= 11 is 0. The lowest BCUT2D eigenvalue weighted by atomic mass is 10.1. The van der Waals surface area contributed by atoms with Crippen molar-refractivity contribution in [1.29, 1.82) is 0 Å². The van der Waals surface area contributed by atoms with E-state index in [0.29, 0.717) is 16.9 Å². The molecule has 0 saturated carbocycles. The molecule has 2 rings (SSSR count). The molecule has 0 aliphatic rings. The number of nitrogens with one attached hydrogen (secondary N) is 1. The zero-order valence-electron chi connectivity index (χ0n) is 13.1. The predicted molar refractivity (Wildman–Crippen MR) is 86.3 cm³/mol. The van der Waals surface area contributed by atoms with E-state index < -0.39 is 12.0 Å². The van der Waals surface area contributed by atoms with Gasteiger partial charge in [-0.1, -0.05) is 30.3 Å². The summed E-state index contributed by atoms with van der Waals surface area (Å²) in [6.45, 7) is 1.97. The Morgan fingerprint density at radius 3 is 2.26 bits per heavy atom. The standard InChI is InChI=1S/C18H19NO4/c1-3-23-18(21)16(13-9-11-15(22-2)12-10-13)19-17(20)14-7-5-4-6-8-14/h4-12,16H,3H2,1-2H3,(H,19,20). The van der Waals surface area contributed by atoms with E-state index in [9.17, 15) is 9.59 Å². The number of methoxy groups -OCH3 is 1. The summed E-state index contributed by atoms with van der Waals surface area (Å²) in [5.41, 5.74) is 1.11. The van der Waals surface area contributed by atoms with Crippen LogP contribution in [-0.2, 0) is 9.53 Å². The molecule has 0 fully saturated rings. The van der Waals surface area contributed by atoms with Crippen molar-refractivity contribution in [1.82, 2.24) is 5.32 Å². The van der Waals surface area contributed by atoms with E-state index in [1.165, 1.54) is 0 Å². The first-order chi connectivity index (χ1) is 11.2. The van der Waals surface area contributed by atoms with Crippen LogP contribution in [-0.4, -0.2) is 25.6 Å². The maximum Gasteiger partial charge on any atom is 0.333 e. The maximum absolute atomic E-state index is 12.3. The number of carbonyl (C=O) groups excluding carboxylic acids is 2. The van der Waals surface area contributed by atoms with Crippen LogP contribution in [0, 0.1) is 0 Å². The fourth-order valence-electron chi connectivity index (χ4n) is 2.10. The molecule has 5 nitrogen and oxygen atoms in total. The van der Waals surface area contributed by atoms with E-state index >= 15 is 0 Å². The van der Waals surface area contributed by atoms with Gasteiger partial charge in [0.05, 0.1) is 13.7 Å². The van der Waals surface area contributed by atoms with E-state index in [1.807, 2.05) is 6.07 Å². The van der Waals surface area contributed by atoms with Gasteiger partial charge >= 0.3 is 5.97 Å². The summed E-state index contributed by atoms with van der Waals surface area (Å²) in [7, 11) is 1.56. The van der Waals surface area contributed by atoms with Crippen molar-refractivity contribution in [2.75, 3.05) is 13.7 Å². The number of hydrogen-bond donors (Lipinski definition) is 1. The second kappa shape index (κ2) is 7.98. The highest BCUT2D eigenvalue weighted by molar-refractivity contribution is 5.97. The van der Waals surface area contributed by atoms with Crippen LogP contribution in [0.5, 0.6) is 5.75 Å².